The third kappa shape index (κ3) is 1.90. The maximum absolute atomic E-state index is 4.46. The highest BCUT2D eigenvalue weighted by atomic mass is 79.9. The van der Waals surface area contributed by atoms with Crippen LogP contribution in [0.4, 0.5) is 5.95 Å². The largest absolute Gasteiger partial charge is 0.359 e. The molecule has 0 amide bonds. The maximum Gasteiger partial charge on any atom is 0.200 e. The Hall–Kier alpha value is -1.29. The molecule has 0 bridgehead atoms. The van der Waals surface area contributed by atoms with Crippen molar-refractivity contribution < 1.29 is 0 Å². The molecule has 4 heteroatoms. The number of H-pyrrole nitrogens is 1. The number of aromatic nitrogens is 2. The molecule has 3 nitrogen and oxygen atoms in total. The standard InChI is InChI=1S/C11H12BrN3/c1-7-10(15-11(13-2)14-7)8-5-3-4-6-9(8)12/h3-6H,1-2H3,(H2,13,14,15). The fourth-order valence-electron chi connectivity index (χ4n) is 1.49. The molecule has 1 aromatic carbocycles. The van der Waals surface area contributed by atoms with Gasteiger partial charge in [0.05, 0.1) is 5.69 Å². The van der Waals surface area contributed by atoms with Gasteiger partial charge in [0.15, 0.2) is 0 Å². The number of hydrogen-bond acceptors (Lipinski definition) is 2. The Bertz CT molecular complexity index is 476. The lowest BCUT2D eigenvalue weighted by Gasteiger charge is -2.00. The Balaban J connectivity index is 2.54. The second kappa shape index (κ2) is 4.06. The molecule has 2 N–H and O–H groups in total. The van der Waals surface area contributed by atoms with Crippen molar-refractivity contribution in [3.8, 4) is 11.3 Å². The number of anilines is 1. The first-order chi connectivity index (χ1) is 7.22. The summed E-state index contributed by atoms with van der Waals surface area (Å²) in [5.41, 5.74) is 3.14. The molecule has 0 atom stereocenters. The van der Waals surface area contributed by atoms with E-state index in [9.17, 15) is 0 Å². The van der Waals surface area contributed by atoms with Crippen molar-refractivity contribution in [2.24, 2.45) is 0 Å². The fourth-order valence-corrected chi connectivity index (χ4v) is 1.97. The maximum atomic E-state index is 4.46. The predicted molar refractivity (Wildman–Crippen MR) is 66.0 cm³/mol. The number of benzene rings is 1. The molecule has 78 valence electrons. The minimum absolute atomic E-state index is 0.790. The second-order valence-electron chi connectivity index (χ2n) is 3.29. The van der Waals surface area contributed by atoms with Crippen LogP contribution in [0.2, 0.25) is 0 Å². The van der Waals surface area contributed by atoms with Gasteiger partial charge in [0.1, 0.15) is 0 Å². The van der Waals surface area contributed by atoms with Crippen molar-refractivity contribution in [1.82, 2.24) is 9.97 Å². The van der Waals surface area contributed by atoms with Crippen LogP contribution in [0.1, 0.15) is 5.69 Å². The molecule has 0 aliphatic carbocycles. The van der Waals surface area contributed by atoms with Gasteiger partial charge in [-0.15, -0.1) is 0 Å². The number of halogens is 1. The molecule has 15 heavy (non-hydrogen) atoms. The van der Waals surface area contributed by atoms with Crippen LogP contribution in [-0.2, 0) is 0 Å². The molecule has 2 rings (SSSR count). The molecular formula is C11H12BrN3. The number of nitrogens with zero attached hydrogens (tertiary/aromatic N) is 1. The summed E-state index contributed by atoms with van der Waals surface area (Å²) in [6, 6.07) is 8.07. The van der Waals surface area contributed by atoms with Crippen LogP contribution in [0.15, 0.2) is 28.7 Å². The van der Waals surface area contributed by atoms with Gasteiger partial charge in [-0.3, -0.25) is 0 Å². The number of hydrogen-bond donors (Lipinski definition) is 2. The molecule has 0 fully saturated rings. The lowest BCUT2D eigenvalue weighted by atomic mass is 10.1. The normalized spacial score (nSPS) is 10.3. The average Bonchev–Trinajstić information content (AvgIpc) is 2.60. The number of aryl methyl sites for hydroxylation is 1. The molecule has 0 aliphatic heterocycles. The van der Waals surface area contributed by atoms with Gasteiger partial charge in [-0.1, -0.05) is 34.1 Å². The molecule has 1 heterocycles. The van der Waals surface area contributed by atoms with Crippen molar-refractivity contribution in [2.45, 2.75) is 6.92 Å². The third-order valence-electron chi connectivity index (χ3n) is 2.25. The van der Waals surface area contributed by atoms with Crippen molar-refractivity contribution in [1.29, 1.82) is 0 Å². The summed E-state index contributed by atoms with van der Waals surface area (Å²) >= 11 is 3.52. The van der Waals surface area contributed by atoms with E-state index >= 15 is 0 Å². The van der Waals surface area contributed by atoms with Crippen LogP contribution in [0.5, 0.6) is 0 Å². The quantitative estimate of drug-likeness (QED) is 0.876. The van der Waals surface area contributed by atoms with Crippen LogP contribution < -0.4 is 5.32 Å². The predicted octanol–water partition coefficient (Wildman–Crippen LogP) is 3.19. The van der Waals surface area contributed by atoms with E-state index in [2.05, 4.69) is 31.2 Å². The Labute approximate surface area is 97.1 Å². The summed E-state index contributed by atoms with van der Waals surface area (Å²) in [5, 5.41) is 3.00. The lowest BCUT2D eigenvalue weighted by molar-refractivity contribution is 1.23. The summed E-state index contributed by atoms with van der Waals surface area (Å²) in [6.45, 7) is 2.02. The van der Waals surface area contributed by atoms with Crippen LogP contribution in [0.3, 0.4) is 0 Å². The smallest absolute Gasteiger partial charge is 0.200 e. The molecule has 0 saturated carbocycles. The first-order valence-electron chi connectivity index (χ1n) is 4.71. The summed E-state index contributed by atoms with van der Waals surface area (Å²) in [6.07, 6.45) is 0. The van der Waals surface area contributed by atoms with E-state index in [1.165, 1.54) is 0 Å². The Morgan fingerprint density at radius 1 is 1.33 bits per heavy atom. The number of imidazole rings is 1. The minimum Gasteiger partial charge on any atom is -0.359 e. The fraction of sp³-hybridized carbons (Fsp3) is 0.182. The molecule has 0 aliphatic rings. The lowest BCUT2D eigenvalue weighted by Crippen LogP contribution is -1.89. The van der Waals surface area contributed by atoms with E-state index in [1.54, 1.807) is 0 Å². The minimum atomic E-state index is 0.790. The molecular weight excluding hydrogens is 254 g/mol. The van der Waals surface area contributed by atoms with Gasteiger partial charge in [-0.25, -0.2) is 4.98 Å². The first kappa shape index (κ1) is 10.2. The Morgan fingerprint density at radius 2 is 2.07 bits per heavy atom. The molecule has 0 spiro atoms. The molecule has 0 saturated heterocycles. The van der Waals surface area contributed by atoms with Gasteiger partial charge in [0, 0.05) is 22.8 Å². The molecule has 2 aromatic rings. The molecule has 0 unspecified atom stereocenters. The van der Waals surface area contributed by atoms with Gasteiger partial charge >= 0.3 is 0 Å². The van der Waals surface area contributed by atoms with E-state index in [1.807, 2.05) is 38.2 Å². The van der Waals surface area contributed by atoms with Crippen LogP contribution in [0.25, 0.3) is 11.3 Å². The topological polar surface area (TPSA) is 40.7 Å². The zero-order valence-corrected chi connectivity index (χ0v) is 10.2. The zero-order valence-electron chi connectivity index (χ0n) is 8.63. The van der Waals surface area contributed by atoms with Crippen LogP contribution in [0, 0.1) is 6.92 Å². The van der Waals surface area contributed by atoms with Gasteiger partial charge in [0.2, 0.25) is 5.95 Å². The number of nitrogens with one attached hydrogen (secondary N) is 2. The highest BCUT2D eigenvalue weighted by Gasteiger charge is 2.10. The monoisotopic (exact) mass is 265 g/mol. The van der Waals surface area contributed by atoms with Crippen molar-refractivity contribution >= 4 is 21.9 Å². The number of rotatable bonds is 2. The summed E-state index contributed by atoms with van der Waals surface area (Å²) in [5.74, 6) is 0.790. The summed E-state index contributed by atoms with van der Waals surface area (Å²) in [4.78, 5) is 7.64. The highest BCUT2D eigenvalue weighted by molar-refractivity contribution is 9.10. The highest BCUT2D eigenvalue weighted by Crippen LogP contribution is 2.29. The van der Waals surface area contributed by atoms with Crippen molar-refractivity contribution in [2.75, 3.05) is 12.4 Å². The Kier molecular flexibility index (Phi) is 2.77. The molecule has 0 radical (unpaired) electrons. The van der Waals surface area contributed by atoms with Gasteiger partial charge in [0.25, 0.3) is 0 Å². The van der Waals surface area contributed by atoms with Gasteiger partial charge < -0.3 is 10.3 Å². The van der Waals surface area contributed by atoms with E-state index in [0.29, 0.717) is 0 Å². The van der Waals surface area contributed by atoms with E-state index in [0.717, 1.165) is 27.4 Å². The van der Waals surface area contributed by atoms with E-state index in [4.69, 9.17) is 0 Å². The zero-order chi connectivity index (χ0) is 10.8. The SMILES string of the molecule is CNc1nc(-c2ccccc2Br)c(C)[nH]1. The average molecular weight is 266 g/mol. The second-order valence-corrected chi connectivity index (χ2v) is 4.14. The number of aromatic amines is 1. The third-order valence-corrected chi connectivity index (χ3v) is 2.94. The van der Waals surface area contributed by atoms with Gasteiger partial charge in [-0.05, 0) is 13.0 Å². The van der Waals surface area contributed by atoms with Crippen molar-refractivity contribution in [3.63, 3.8) is 0 Å². The molecule has 1 aromatic heterocycles. The van der Waals surface area contributed by atoms with Crippen LogP contribution in [-0.4, -0.2) is 17.0 Å². The summed E-state index contributed by atoms with van der Waals surface area (Å²) < 4.78 is 1.06. The van der Waals surface area contributed by atoms with Crippen LogP contribution >= 0.6 is 15.9 Å². The van der Waals surface area contributed by atoms with Gasteiger partial charge in [-0.2, -0.15) is 0 Å². The van der Waals surface area contributed by atoms with E-state index < -0.39 is 0 Å². The summed E-state index contributed by atoms with van der Waals surface area (Å²) in [7, 11) is 1.85. The first-order valence-corrected chi connectivity index (χ1v) is 5.51. The van der Waals surface area contributed by atoms with E-state index in [-0.39, 0.29) is 0 Å². The Morgan fingerprint density at radius 3 is 2.67 bits per heavy atom. The van der Waals surface area contributed by atoms with Crippen molar-refractivity contribution in [3.05, 3.63) is 34.4 Å².